The average Bonchev–Trinajstić information content (AvgIpc) is 3.34. The molecular formula is C29H24N4O4. The van der Waals surface area contributed by atoms with Crippen molar-refractivity contribution < 1.29 is 19.5 Å². The largest absolute Gasteiger partial charge is 0.478 e. The zero-order chi connectivity index (χ0) is 26.1. The van der Waals surface area contributed by atoms with E-state index in [1.54, 1.807) is 32.1 Å². The van der Waals surface area contributed by atoms with Crippen molar-refractivity contribution in [3.63, 3.8) is 0 Å². The molecule has 4 aromatic rings. The van der Waals surface area contributed by atoms with Crippen LogP contribution in [0.5, 0.6) is 0 Å². The fourth-order valence-electron chi connectivity index (χ4n) is 4.43. The molecule has 1 aliphatic heterocycles. The quantitative estimate of drug-likeness (QED) is 0.217. The number of hydrogen-bond donors (Lipinski definition) is 5. The zero-order valence-electron chi connectivity index (χ0n) is 20.2. The number of benzene rings is 3. The highest BCUT2D eigenvalue weighted by atomic mass is 16.4. The van der Waals surface area contributed by atoms with E-state index >= 15 is 0 Å². The Kier molecular flexibility index (Phi) is 6.07. The molecule has 8 heteroatoms. The first-order valence-electron chi connectivity index (χ1n) is 11.6. The molecule has 1 aromatic heterocycles. The van der Waals surface area contributed by atoms with Crippen LogP contribution in [-0.4, -0.2) is 27.9 Å². The minimum absolute atomic E-state index is 0.199. The fourth-order valence-corrected chi connectivity index (χ4v) is 4.43. The van der Waals surface area contributed by atoms with Crippen molar-refractivity contribution in [2.24, 2.45) is 0 Å². The van der Waals surface area contributed by atoms with E-state index in [0.29, 0.717) is 45.0 Å². The zero-order valence-corrected chi connectivity index (χ0v) is 20.2. The van der Waals surface area contributed by atoms with Crippen molar-refractivity contribution in [1.29, 1.82) is 0 Å². The number of carbonyl (C=O) groups is 3. The van der Waals surface area contributed by atoms with Crippen molar-refractivity contribution in [2.45, 2.75) is 13.8 Å². The minimum atomic E-state index is -1.01. The number of nitrogens with one attached hydrogen (secondary N) is 4. The molecule has 0 atom stereocenters. The van der Waals surface area contributed by atoms with Gasteiger partial charge >= 0.3 is 5.97 Å². The summed E-state index contributed by atoms with van der Waals surface area (Å²) in [7, 11) is 0. The topological polar surface area (TPSA) is 123 Å². The summed E-state index contributed by atoms with van der Waals surface area (Å²) in [5.74, 6) is -1.47. The number of hydrogen-bond acceptors (Lipinski definition) is 4. The Morgan fingerprint density at radius 1 is 0.892 bits per heavy atom. The summed E-state index contributed by atoms with van der Waals surface area (Å²) in [4.78, 5) is 39.9. The molecule has 2 amide bonds. The molecule has 0 spiro atoms. The summed E-state index contributed by atoms with van der Waals surface area (Å²) in [6, 6.07) is 21.9. The second kappa shape index (κ2) is 9.50. The van der Waals surface area contributed by atoms with Crippen LogP contribution >= 0.6 is 0 Å². The maximum atomic E-state index is 12.7. The second-order valence-electron chi connectivity index (χ2n) is 8.77. The molecule has 1 aliphatic rings. The maximum Gasteiger partial charge on any atom is 0.337 e. The number of carboxylic acids is 1. The third kappa shape index (κ3) is 4.72. The van der Waals surface area contributed by atoms with E-state index in [9.17, 15) is 19.5 Å². The van der Waals surface area contributed by atoms with Crippen LogP contribution in [0, 0.1) is 13.8 Å². The van der Waals surface area contributed by atoms with Gasteiger partial charge in [-0.05, 0) is 74.0 Å². The van der Waals surface area contributed by atoms with Crippen LogP contribution in [0.4, 0.5) is 22.7 Å². The first-order valence-corrected chi connectivity index (χ1v) is 11.6. The molecule has 8 nitrogen and oxygen atoms in total. The van der Waals surface area contributed by atoms with E-state index in [1.165, 1.54) is 0 Å². The number of rotatable bonds is 6. The SMILES string of the molecule is Cc1[nH]c(/C=C2\C(=O)Nc3ccc(Nc4cccc(NC(=O)c5ccccc5)c4)cc32)c(C)c1C(=O)O. The van der Waals surface area contributed by atoms with Gasteiger partial charge in [-0.3, -0.25) is 9.59 Å². The summed E-state index contributed by atoms with van der Waals surface area (Å²) in [6.07, 6.45) is 1.68. The smallest absolute Gasteiger partial charge is 0.337 e. The van der Waals surface area contributed by atoms with E-state index in [-0.39, 0.29) is 17.4 Å². The standard InChI is InChI=1S/C29H24N4O4/c1-16-25(30-17(2)26(16)29(36)37)15-23-22-14-21(11-12-24(22)33-28(23)35)31-19-9-6-10-20(13-19)32-27(34)18-7-4-3-5-8-18/h3-15,30-31H,1-2H3,(H,32,34)(H,33,35)(H,36,37)/b23-15-. The number of carboxylic acid groups (broad SMARTS) is 1. The van der Waals surface area contributed by atoms with Gasteiger partial charge in [0.15, 0.2) is 0 Å². The number of H-pyrrole nitrogens is 1. The van der Waals surface area contributed by atoms with Crippen LogP contribution < -0.4 is 16.0 Å². The molecule has 0 unspecified atom stereocenters. The molecule has 0 aliphatic carbocycles. The summed E-state index contributed by atoms with van der Waals surface area (Å²) in [5, 5.41) is 18.6. The van der Waals surface area contributed by atoms with Gasteiger partial charge in [0, 0.05) is 45.3 Å². The highest BCUT2D eigenvalue weighted by molar-refractivity contribution is 6.35. The fraction of sp³-hybridized carbons (Fsp3) is 0.0690. The van der Waals surface area contributed by atoms with E-state index < -0.39 is 5.97 Å². The molecule has 0 saturated carbocycles. The Morgan fingerprint density at radius 3 is 2.35 bits per heavy atom. The number of aryl methyl sites for hydroxylation is 1. The Bertz CT molecular complexity index is 1580. The van der Waals surface area contributed by atoms with Crippen molar-refractivity contribution in [3.8, 4) is 0 Å². The molecule has 184 valence electrons. The van der Waals surface area contributed by atoms with Crippen molar-refractivity contribution in [3.05, 3.63) is 106 Å². The molecule has 0 bridgehead atoms. The predicted molar refractivity (Wildman–Crippen MR) is 144 cm³/mol. The van der Waals surface area contributed by atoms with Crippen LogP contribution in [0.2, 0.25) is 0 Å². The first kappa shape index (κ1) is 23.6. The van der Waals surface area contributed by atoms with E-state index in [2.05, 4.69) is 20.9 Å². The lowest BCUT2D eigenvalue weighted by Crippen LogP contribution is -2.11. The lowest BCUT2D eigenvalue weighted by molar-refractivity contribution is -0.110. The average molecular weight is 493 g/mol. The van der Waals surface area contributed by atoms with Crippen LogP contribution in [0.15, 0.2) is 72.8 Å². The Morgan fingerprint density at radius 2 is 1.62 bits per heavy atom. The highest BCUT2D eigenvalue weighted by Crippen LogP contribution is 2.36. The van der Waals surface area contributed by atoms with Crippen molar-refractivity contribution in [1.82, 2.24) is 4.98 Å². The third-order valence-electron chi connectivity index (χ3n) is 6.23. The lowest BCUT2D eigenvalue weighted by atomic mass is 10.0. The maximum absolute atomic E-state index is 12.7. The van der Waals surface area contributed by atoms with Gasteiger partial charge in [0.25, 0.3) is 11.8 Å². The third-order valence-corrected chi connectivity index (χ3v) is 6.23. The molecule has 2 heterocycles. The van der Waals surface area contributed by atoms with Crippen LogP contribution in [0.25, 0.3) is 11.6 Å². The minimum Gasteiger partial charge on any atom is -0.478 e. The molecule has 0 fully saturated rings. The Balaban J connectivity index is 1.40. The number of anilines is 4. The van der Waals surface area contributed by atoms with Crippen molar-refractivity contribution >= 4 is 52.2 Å². The van der Waals surface area contributed by atoms with Gasteiger partial charge in [0.2, 0.25) is 0 Å². The Labute approximate surface area is 213 Å². The summed E-state index contributed by atoms with van der Waals surface area (Å²) in [5.41, 5.74) is 6.42. The molecular weight excluding hydrogens is 468 g/mol. The monoisotopic (exact) mass is 492 g/mol. The predicted octanol–water partition coefficient (Wildman–Crippen LogP) is 5.82. The molecule has 5 N–H and O–H groups in total. The number of amides is 2. The number of fused-ring (bicyclic) bond motifs is 1. The van der Waals surface area contributed by atoms with Gasteiger partial charge in [-0.1, -0.05) is 24.3 Å². The van der Waals surface area contributed by atoms with Crippen LogP contribution in [0.1, 0.15) is 43.2 Å². The first-order chi connectivity index (χ1) is 17.8. The molecule has 5 rings (SSSR count). The van der Waals surface area contributed by atoms with Gasteiger partial charge in [0.1, 0.15) is 0 Å². The van der Waals surface area contributed by atoms with Crippen LogP contribution in [-0.2, 0) is 4.79 Å². The number of aromatic nitrogens is 1. The molecule has 0 saturated heterocycles. The molecule has 37 heavy (non-hydrogen) atoms. The molecule has 3 aromatic carbocycles. The van der Waals surface area contributed by atoms with Gasteiger partial charge in [0.05, 0.1) is 11.1 Å². The summed E-state index contributed by atoms with van der Waals surface area (Å²) in [6.45, 7) is 3.41. The molecule has 0 radical (unpaired) electrons. The normalized spacial score (nSPS) is 13.2. The van der Waals surface area contributed by atoms with Gasteiger partial charge in [-0.2, -0.15) is 0 Å². The van der Waals surface area contributed by atoms with Crippen molar-refractivity contribution in [2.75, 3.05) is 16.0 Å². The second-order valence-corrected chi connectivity index (χ2v) is 8.77. The van der Waals surface area contributed by atoms with Gasteiger partial charge in [-0.15, -0.1) is 0 Å². The van der Waals surface area contributed by atoms with Gasteiger partial charge < -0.3 is 26.0 Å². The van der Waals surface area contributed by atoms with Crippen LogP contribution in [0.3, 0.4) is 0 Å². The highest BCUT2D eigenvalue weighted by Gasteiger charge is 2.26. The number of carbonyl (C=O) groups excluding carboxylic acids is 2. The lowest BCUT2D eigenvalue weighted by Gasteiger charge is -2.11. The van der Waals surface area contributed by atoms with E-state index in [4.69, 9.17) is 0 Å². The van der Waals surface area contributed by atoms with E-state index in [1.807, 2.05) is 60.7 Å². The van der Waals surface area contributed by atoms with E-state index in [0.717, 1.165) is 11.4 Å². The number of aromatic carboxylic acids is 1. The van der Waals surface area contributed by atoms with Gasteiger partial charge in [-0.25, -0.2) is 4.79 Å². The summed E-state index contributed by atoms with van der Waals surface area (Å²) < 4.78 is 0. The number of aromatic amines is 1. The summed E-state index contributed by atoms with van der Waals surface area (Å²) >= 11 is 0. The Hall–Kier alpha value is -5.11.